The van der Waals surface area contributed by atoms with Gasteiger partial charge in [-0.1, -0.05) is 36.0 Å². The van der Waals surface area contributed by atoms with E-state index in [1.54, 1.807) is 49.1 Å². The van der Waals surface area contributed by atoms with Gasteiger partial charge in [-0.05, 0) is 36.2 Å². The Morgan fingerprint density at radius 3 is 2.73 bits per heavy atom. The van der Waals surface area contributed by atoms with Crippen LogP contribution in [0.2, 0.25) is 0 Å². The van der Waals surface area contributed by atoms with Crippen LogP contribution in [0.15, 0.2) is 52.4 Å². The molecule has 2 heterocycles. The van der Waals surface area contributed by atoms with E-state index in [9.17, 15) is 14.0 Å². The first-order chi connectivity index (χ1) is 15.9. The monoisotopic (exact) mass is 469 g/mol. The number of ether oxygens (including phenoxy) is 2. The highest BCUT2D eigenvalue weighted by atomic mass is 32.2. The average molecular weight is 470 g/mol. The van der Waals surface area contributed by atoms with Crippen LogP contribution in [0, 0.1) is 5.82 Å². The number of fused-ring (bicyclic) bond motifs is 1. The molecule has 0 bridgehead atoms. The molecule has 3 aromatic rings. The minimum atomic E-state index is -0.477. The number of hydrogen-bond donors (Lipinski definition) is 1. The summed E-state index contributed by atoms with van der Waals surface area (Å²) in [7, 11) is 3.28. The molecule has 1 amide bonds. The topological polar surface area (TPSA) is 82.5 Å². The summed E-state index contributed by atoms with van der Waals surface area (Å²) in [4.78, 5) is 29.9. The fourth-order valence-corrected chi connectivity index (χ4v) is 4.83. The second-order valence-corrected chi connectivity index (χ2v) is 8.49. The number of halogens is 1. The summed E-state index contributed by atoms with van der Waals surface area (Å²) in [5, 5.41) is 3.22. The molecule has 172 valence electrons. The van der Waals surface area contributed by atoms with E-state index < -0.39 is 11.5 Å². The Balaban J connectivity index is 1.72. The number of aromatic nitrogens is 2. The fraction of sp³-hybridized carbons (Fsp3) is 0.292. The number of amides is 1. The molecule has 2 aromatic carbocycles. The molecule has 0 aliphatic carbocycles. The van der Waals surface area contributed by atoms with Crippen molar-refractivity contribution in [1.82, 2.24) is 9.55 Å². The van der Waals surface area contributed by atoms with Crippen LogP contribution < -0.4 is 20.3 Å². The number of anilines is 1. The third-order valence-electron chi connectivity index (χ3n) is 5.51. The van der Waals surface area contributed by atoms with Crippen molar-refractivity contribution >= 4 is 23.5 Å². The number of hydrogen-bond acceptors (Lipinski definition) is 6. The second kappa shape index (κ2) is 9.66. The summed E-state index contributed by atoms with van der Waals surface area (Å²) < 4.78 is 26.7. The molecule has 9 heteroatoms. The normalized spacial score (nSPS) is 15.0. The molecule has 4 rings (SSSR count). The Labute approximate surface area is 194 Å². The molecule has 1 atom stereocenters. The van der Waals surface area contributed by atoms with Gasteiger partial charge in [-0.3, -0.25) is 9.59 Å². The van der Waals surface area contributed by atoms with Crippen molar-refractivity contribution in [3.8, 4) is 11.5 Å². The maximum Gasteiger partial charge on any atom is 0.279 e. The number of thioether (sulfide) groups is 1. The molecule has 33 heavy (non-hydrogen) atoms. The Hall–Kier alpha value is -3.33. The molecule has 1 N–H and O–H groups in total. The molecular formula is C24H24FN3O4S. The smallest absolute Gasteiger partial charge is 0.279 e. The molecule has 1 aliphatic rings. The largest absolute Gasteiger partial charge is 0.493 e. The maximum atomic E-state index is 14.0. The predicted octanol–water partition coefficient (Wildman–Crippen LogP) is 4.09. The molecule has 7 nitrogen and oxygen atoms in total. The van der Waals surface area contributed by atoms with Crippen LogP contribution in [0.1, 0.15) is 36.0 Å². The molecule has 0 saturated carbocycles. The van der Waals surface area contributed by atoms with Gasteiger partial charge in [0.2, 0.25) is 5.91 Å². The summed E-state index contributed by atoms with van der Waals surface area (Å²) >= 11 is 1.24. The summed E-state index contributed by atoms with van der Waals surface area (Å²) in [5.41, 5.74) is 1.27. The highest BCUT2D eigenvalue weighted by molar-refractivity contribution is 7.98. The predicted molar refractivity (Wildman–Crippen MR) is 125 cm³/mol. The first-order valence-electron chi connectivity index (χ1n) is 10.5. The number of methoxy groups -OCH3 is 1. The van der Waals surface area contributed by atoms with Crippen molar-refractivity contribution in [3.63, 3.8) is 0 Å². The third kappa shape index (κ3) is 4.59. The van der Waals surface area contributed by atoms with Crippen molar-refractivity contribution in [2.45, 2.75) is 30.2 Å². The molecule has 0 unspecified atom stereocenters. The highest BCUT2D eigenvalue weighted by Gasteiger charge is 2.32. The Morgan fingerprint density at radius 2 is 2.00 bits per heavy atom. The molecule has 0 radical (unpaired) electrons. The number of carbonyl (C=O) groups excluding carboxylic acids is 1. The van der Waals surface area contributed by atoms with Gasteiger partial charge in [0.1, 0.15) is 11.6 Å². The summed E-state index contributed by atoms with van der Waals surface area (Å²) in [6.07, 6.45) is 0.114. The van der Waals surface area contributed by atoms with Crippen molar-refractivity contribution in [2.24, 2.45) is 7.05 Å². The van der Waals surface area contributed by atoms with Gasteiger partial charge in [0, 0.05) is 25.1 Å². The number of benzene rings is 2. The van der Waals surface area contributed by atoms with Crippen LogP contribution in [0.3, 0.4) is 0 Å². The quantitative estimate of drug-likeness (QED) is 0.415. The van der Waals surface area contributed by atoms with E-state index in [4.69, 9.17) is 9.47 Å². The Bertz CT molecular complexity index is 1260. The zero-order valence-electron chi connectivity index (χ0n) is 18.6. The zero-order valence-corrected chi connectivity index (χ0v) is 19.4. The maximum absolute atomic E-state index is 14.0. The first-order valence-corrected chi connectivity index (χ1v) is 11.5. The molecule has 1 aliphatic heterocycles. The average Bonchev–Trinajstić information content (AvgIpc) is 2.81. The van der Waals surface area contributed by atoms with Crippen LogP contribution in [0.4, 0.5) is 10.2 Å². The molecule has 0 spiro atoms. The lowest BCUT2D eigenvalue weighted by molar-refractivity contribution is -0.116. The van der Waals surface area contributed by atoms with Gasteiger partial charge in [-0.2, -0.15) is 4.98 Å². The SMILES string of the molecule is CCOc1ccc([C@@H]2CC(=O)Nc3c2c(=O)nc(SCc2ccccc2F)n3C)cc1OC. The molecule has 0 saturated heterocycles. The van der Waals surface area contributed by atoms with E-state index in [-0.39, 0.29) is 18.1 Å². The highest BCUT2D eigenvalue weighted by Crippen LogP contribution is 2.39. The standard InChI is InChI=1S/C24H24FN3O4S/c1-4-32-18-10-9-14(11-19(18)31-3)16-12-20(29)26-22-21(16)23(30)27-24(28(22)2)33-13-15-7-5-6-8-17(15)25/h5-11,16H,4,12-13H2,1-3H3,(H,26,29)/t16-/m0/s1. The summed E-state index contributed by atoms with van der Waals surface area (Å²) in [5.74, 6) is 0.839. The molecule has 1 aromatic heterocycles. The second-order valence-electron chi connectivity index (χ2n) is 7.55. The van der Waals surface area contributed by atoms with Gasteiger partial charge < -0.3 is 19.4 Å². The van der Waals surface area contributed by atoms with Crippen LogP contribution in [-0.2, 0) is 17.6 Å². The van der Waals surface area contributed by atoms with Crippen molar-refractivity contribution in [3.05, 3.63) is 75.3 Å². The van der Waals surface area contributed by atoms with Crippen molar-refractivity contribution < 1.29 is 18.7 Å². The number of rotatable bonds is 7. The minimum absolute atomic E-state index is 0.114. The Kier molecular flexibility index (Phi) is 6.69. The first kappa shape index (κ1) is 22.8. The van der Waals surface area contributed by atoms with E-state index in [1.807, 2.05) is 13.0 Å². The van der Waals surface area contributed by atoms with Crippen LogP contribution in [0.5, 0.6) is 11.5 Å². The van der Waals surface area contributed by atoms with Gasteiger partial charge in [0.05, 0.1) is 19.3 Å². The van der Waals surface area contributed by atoms with E-state index >= 15 is 0 Å². The number of nitrogens with zero attached hydrogens (tertiary/aromatic N) is 2. The van der Waals surface area contributed by atoms with Gasteiger partial charge in [-0.25, -0.2) is 4.39 Å². The summed E-state index contributed by atoms with van der Waals surface area (Å²) in [6.45, 7) is 2.37. The van der Waals surface area contributed by atoms with Gasteiger partial charge in [0.15, 0.2) is 16.7 Å². The zero-order chi connectivity index (χ0) is 23.5. The van der Waals surface area contributed by atoms with E-state index in [2.05, 4.69) is 10.3 Å². The van der Waals surface area contributed by atoms with E-state index in [0.717, 1.165) is 5.56 Å². The number of carbonyl (C=O) groups is 1. The van der Waals surface area contributed by atoms with Crippen molar-refractivity contribution in [2.75, 3.05) is 19.0 Å². The lowest BCUT2D eigenvalue weighted by Crippen LogP contribution is -2.33. The number of nitrogens with one attached hydrogen (secondary N) is 1. The van der Waals surface area contributed by atoms with Gasteiger partial charge in [0.25, 0.3) is 5.56 Å². The third-order valence-corrected chi connectivity index (χ3v) is 6.58. The van der Waals surface area contributed by atoms with E-state index in [1.165, 1.54) is 17.8 Å². The van der Waals surface area contributed by atoms with E-state index in [0.29, 0.717) is 46.0 Å². The fourth-order valence-electron chi connectivity index (χ4n) is 3.88. The van der Waals surface area contributed by atoms with Crippen LogP contribution in [-0.4, -0.2) is 29.2 Å². The lowest BCUT2D eigenvalue weighted by atomic mass is 9.86. The van der Waals surface area contributed by atoms with Crippen LogP contribution >= 0.6 is 11.8 Å². The van der Waals surface area contributed by atoms with Gasteiger partial charge in [-0.15, -0.1) is 0 Å². The minimum Gasteiger partial charge on any atom is -0.493 e. The van der Waals surface area contributed by atoms with Gasteiger partial charge >= 0.3 is 0 Å². The molecule has 0 fully saturated rings. The van der Waals surface area contributed by atoms with Crippen LogP contribution in [0.25, 0.3) is 0 Å². The summed E-state index contributed by atoms with van der Waals surface area (Å²) in [6, 6.07) is 11.9. The Morgan fingerprint density at radius 1 is 1.21 bits per heavy atom. The van der Waals surface area contributed by atoms with Crippen molar-refractivity contribution in [1.29, 1.82) is 0 Å². The lowest BCUT2D eigenvalue weighted by Gasteiger charge is -2.28. The molecular weight excluding hydrogens is 445 g/mol.